The Morgan fingerprint density at radius 1 is 1.50 bits per heavy atom. The highest BCUT2D eigenvalue weighted by Gasteiger charge is 2.39. The summed E-state index contributed by atoms with van der Waals surface area (Å²) in [5, 5.41) is 3.17. The van der Waals surface area contributed by atoms with Gasteiger partial charge in [0.05, 0.1) is 11.6 Å². The molecule has 0 spiro atoms. The lowest BCUT2D eigenvalue weighted by molar-refractivity contribution is -0.156. The molecule has 68 valence electrons. The Kier molecular flexibility index (Phi) is 2.32. The average molecular weight is 200 g/mol. The highest BCUT2D eigenvalue weighted by atomic mass is 35.5. The molecule has 0 atom stereocenters. The molecule has 0 saturated heterocycles. The van der Waals surface area contributed by atoms with Crippen LogP contribution < -0.4 is 0 Å². The molecular weight excluding hydrogens is 195 g/mol. The first-order chi connectivity index (χ1) is 5.46. The van der Waals surface area contributed by atoms with Crippen LogP contribution in [-0.4, -0.2) is 5.16 Å². The third-order valence-electron chi connectivity index (χ3n) is 1.38. The second-order valence-corrected chi connectivity index (χ2v) is 2.47. The summed E-state index contributed by atoms with van der Waals surface area (Å²) in [6.07, 6.45) is -4.51. The number of halogens is 4. The second-order valence-electron chi connectivity index (χ2n) is 2.21. The number of alkyl halides is 4. The van der Waals surface area contributed by atoms with Gasteiger partial charge in [-0.1, -0.05) is 5.16 Å². The Labute approximate surface area is 71.3 Å². The predicted octanol–water partition coefficient (Wildman–Crippen LogP) is 2.74. The van der Waals surface area contributed by atoms with Gasteiger partial charge in [-0.3, -0.25) is 0 Å². The summed E-state index contributed by atoms with van der Waals surface area (Å²) in [7, 11) is 0. The van der Waals surface area contributed by atoms with E-state index in [1.165, 1.54) is 6.92 Å². The minimum Gasteiger partial charge on any atom is -0.351 e. The minimum absolute atomic E-state index is 0.0934. The van der Waals surface area contributed by atoms with Crippen LogP contribution in [-0.2, 0) is 12.1 Å². The van der Waals surface area contributed by atoms with E-state index in [4.69, 9.17) is 11.6 Å². The van der Waals surface area contributed by atoms with E-state index in [0.717, 1.165) is 0 Å². The molecule has 0 N–H and O–H groups in total. The second kappa shape index (κ2) is 2.97. The predicted molar refractivity (Wildman–Crippen MR) is 35.8 cm³/mol. The monoisotopic (exact) mass is 199 g/mol. The van der Waals surface area contributed by atoms with Gasteiger partial charge in [-0.05, 0) is 6.92 Å². The van der Waals surface area contributed by atoms with E-state index in [9.17, 15) is 13.2 Å². The molecule has 2 nitrogen and oxygen atoms in total. The van der Waals surface area contributed by atoms with Gasteiger partial charge in [0.25, 0.3) is 0 Å². The lowest BCUT2D eigenvalue weighted by Gasteiger charge is -2.01. The lowest BCUT2D eigenvalue weighted by atomic mass is 10.2. The van der Waals surface area contributed by atoms with E-state index in [2.05, 4.69) is 9.68 Å². The molecule has 0 radical (unpaired) electrons. The van der Waals surface area contributed by atoms with Gasteiger partial charge in [0.15, 0.2) is 0 Å². The maximum atomic E-state index is 12.1. The summed E-state index contributed by atoms with van der Waals surface area (Å²) in [5.74, 6) is -1.35. The fraction of sp³-hybridized carbons (Fsp3) is 0.500. The Balaban J connectivity index is 3.16. The molecule has 1 heterocycles. The van der Waals surface area contributed by atoms with Gasteiger partial charge in [0.2, 0.25) is 5.76 Å². The summed E-state index contributed by atoms with van der Waals surface area (Å²) in [5.41, 5.74) is 0.0847. The molecule has 12 heavy (non-hydrogen) atoms. The molecule has 1 aromatic rings. The summed E-state index contributed by atoms with van der Waals surface area (Å²) in [6, 6.07) is 0. The van der Waals surface area contributed by atoms with Crippen molar-refractivity contribution in [2.24, 2.45) is 0 Å². The van der Waals surface area contributed by atoms with Crippen LogP contribution in [0.4, 0.5) is 13.2 Å². The fourth-order valence-electron chi connectivity index (χ4n) is 0.769. The van der Waals surface area contributed by atoms with Crippen molar-refractivity contribution in [3.8, 4) is 0 Å². The zero-order valence-electron chi connectivity index (χ0n) is 6.07. The highest BCUT2D eigenvalue weighted by molar-refractivity contribution is 6.17. The van der Waals surface area contributed by atoms with Gasteiger partial charge in [0, 0.05) is 5.56 Å². The Morgan fingerprint density at radius 2 is 2.08 bits per heavy atom. The maximum Gasteiger partial charge on any atom is 0.452 e. The summed E-state index contributed by atoms with van der Waals surface area (Å²) in [4.78, 5) is 0. The first-order valence-corrected chi connectivity index (χ1v) is 3.58. The largest absolute Gasteiger partial charge is 0.452 e. The molecule has 1 aromatic heterocycles. The molecule has 0 amide bonds. The Bertz CT molecular complexity index is 281. The van der Waals surface area contributed by atoms with Crippen LogP contribution in [0.15, 0.2) is 4.52 Å². The van der Waals surface area contributed by atoms with E-state index < -0.39 is 11.9 Å². The van der Waals surface area contributed by atoms with Crippen LogP contribution in [0.2, 0.25) is 0 Å². The molecule has 0 aliphatic carbocycles. The van der Waals surface area contributed by atoms with Crippen LogP contribution in [0, 0.1) is 6.92 Å². The van der Waals surface area contributed by atoms with Crippen LogP contribution in [0.1, 0.15) is 17.0 Å². The van der Waals surface area contributed by atoms with Gasteiger partial charge in [0.1, 0.15) is 0 Å². The zero-order chi connectivity index (χ0) is 9.35. The lowest BCUT2D eigenvalue weighted by Crippen LogP contribution is -2.06. The Morgan fingerprint density at radius 3 is 2.42 bits per heavy atom. The number of nitrogens with zero attached hydrogens (tertiary/aromatic N) is 1. The number of aromatic nitrogens is 1. The zero-order valence-corrected chi connectivity index (χ0v) is 6.83. The van der Waals surface area contributed by atoms with Crippen molar-refractivity contribution < 1.29 is 17.7 Å². The first-order valence-electron chi connectivity index (χ1n) is 3.05. The molecule has 0 aliphatic heterocycles. The van der Waals surface area contributed by atoms with Gasteiger partial charge < -0.3 is 4.52 Å². The van der Waals surface area contributed by atoms with Gasteiger partial charge in [-0.15, -0.1) is 11.6 Å². The van der Waals surface area contributed by atoms with Crippen molar-refractivity contribution in [2.45, 2.75) is 19.0 Å². The molecule has 1 rings (SSSR count). The van der Waals surface area contributed by atoms with Crippen LogP contribution in [0.25, 0.3) is 0 Å². The SMILES string of the molecule is Cc1noc(C(F)(F)F)c1CCl. The van der Waals surface area contributed by atoms with Crippen molar-refractivity contribution in [1.29, 1.82) is 0 Å². The maximum absolute atomic E-state index is 12.1. The van der Waals surface area contributed by atoms with Gasteiger partial charge >= 0.3 is 6.18 Å². The molecule has 0 aromatic carbocycles. The quantitative estimate of drug-likeness (QED) is 0.650. The standard InChI is InChI=1S/C6H5ClF3NO/c1-3-4(2-7)5(12-11-3)6(8,9)10/h2H2,1H3. The molecule has 6 heteroatoms. The van der Waals surface area contributed by atoms with E-state index in [1.54, 1.807) is 0 Å². The van der Waals surface area contributed by atoms with Crippen molar-refractivity contribution in [1.82, 2.24) is 5.16 Å². The van der Waals surface area contributed by atoms with E-state index in [-0.39, 0.29) is 17.1 Å². The summed E-state index contributed by atoms with van der Waals surface area (Å²) in [6.45, 7) is 1.41. The number of hydrogen-bond acceptors (Lipinski definition) is 2. The van der Waals surface area contributed by atoms with E-state index >= 15 is 0 Å². The van der Waals surface area contributed by atoms with Crippen molar-refractivity contribution in [3.63, 3.8) is 0 Å². The fourth-order valence-corrected chi connectivity index (χ4v) is 1.08. The highest BCUT2D eigenvalue weighted by Crippen LogP contribution is 2.33. The third kappa shape index (κ3) is 1.55. The smallest absolute Gasteiger partial charge is 0.351 e. The summed E-state index contributed by atoms with van der Waals surface area (Å²) >= 11 is 5.28. The molecule has 0 unspecified atom stereocenters. The molecule has 0 saturated carbocycles. The summed E-state index contributed by atoms with van der Waals surface area (Å²) < 4.78 is 40.3. The topological polar surface area (TPSA) is 26.0 Å². The number of aryl methyl sites for hydroxylation is 1. The van der Waals surface area contributed by atoms with E-state index in [1.807, 2.05) is 0 Å². The minimum atomic E-state index is -4.51. The van der Waals surface area contributed by atoms with Crippen molar-refractivity contribution >= 4 is 11.6 Å². The molecule has 0 aliphatic rings. The van der Waals surface area contributed by atoms with Crippen LogP contribution in [0.5, 0.6) is 0 Å². The molecule has 0 fully saturated rings. The normalized spacial score (nSPS) is 12.1. The average Bonchev–Trinajstić information content (AvgIpc) is 2.29. The van der Waals surface area contributed by atoms with Gasteiger partial charge in [-0.25, -0.2) is 0 Å². The number of rotatable bonds is 1. The third-order valence-corrected chi connectivity index (χ3v) is 1.64. The first kappa shape index (κ1) is 9.38. The molecule has 0 bridgehead atoms. The Hall–Kier alpha value is -0.710. The molecular formula is C6H5ClF3NO. The number of hydrogen-bond donors (Lipinski definition) is 0. The van der Waals surface area contributed by atoms with Crippen molar-refractivity contribution in [3.05, 3.63) is 17.0 Å². The van der Waals surface area contributed by atoms with Crippen LogP contribution in [0.3, 0.4) is 0 Å². The van der Waals surface area contributed by atoms with Crippen LogP contribution >= 0.6 is 11.6 Å². The van der Waals surface area contributed by atoms with Crippen molar-refractivity contribution in [2.75, 3.05) is 0 Å². The van der Waals surface area contributed by atoms with E-state index in [0.29, 0.717) is 0 Å². The van der Waals surface area contributed by atoms with Gasteiger partial charge in [-0.2, -0.15) is 13.2 Å².